The molecule has 1 saturated heterocycles. The summed E-state index contributed by atoms with van der Waals surface area (Å²) in [7, 11) is 0. The Morgan fingerprint density at radius 2 is 2.00 bits per heavy atom. The Morgan fingerprint density at radius 3 is 2.74 bits per heavy atom. The zero-order valence-electron chi connectivity index (χ0n) is 14.8. The summed E-state index contributed by atoms with van der Waals surface area (Å²) in [5, 5.41) is 6.78. The van der Waals surface area contributed by atoms with Crippen LogP contribution in [-0.2, 0) is 9.59 Å². The summed E-state index contributed by atoms with van der Waals surface area (Å²) >= 11 is 0. The Balaban J connectivity index is 1.46. The molecule has 2 amide bonds. The number of anilines is 2. The number of carbonyl (C=O) groups excluding carboxylic acids is 2. The van der Waals surface area contributed by atoms with E-state index in [2.05, 4.69) is 15.5 Å². The molecule has 3 aromatic rings. The molecule has 1 N–H and O–H groups in total. The minimum absolute atomic E-state index is 0.0441. The molecular formula is C20H18N4O3. The lowest BCUT2D eigenvalue weighted by Gasteiger charge is -2.16. The van der Waals surface area contributed by atoms with Gasteiger partial charge in [0.2, 0.25) is 23.5 Å². The molecule has 1 aromatic heterocycles. The Kier molecular flexibility index (Phi) is 4.42. The highest BCUT2D eigenvalue weighted by Gasteiger charge is 2.35. The van der Waals surface area contributed by atoms with Gasteiger partial charge < -0.3 is 14.7 Å². The number of rotatable bonds is 4. The van der Waals surface area contributed by atoms with E-state index in [1.807, 2.05) is 42.5 Å². The highest BCUT2D eigenvalue weighted by atomic mass is 16.5. The van der Waals surface area contributed by atoms with E-state index in [-0.39, 0.29) is 18.2 Å². The van der Waals surface area contributed by atoms with Crippen LogP contribution in [0.3, 0.4) is 0 Å². The summed E-state index contributed by atoms with van der Waals surface area (Å²) in [6.45, 7) is 2.09. The fourth-order valence-corrected chi connectivity index (χ4v) is 3.14. The maximum atomic E-state index is 12.6. The van der Waals surface area contributed by atoms with Crippen LogP contribution in [0, 0.1) is 12.8 Å². The fourth-order valence-electron chi connectivity index (χ4n) is 3.14. The Hall–Kier alpha value is -3.48. The molecule has 1 fully saturated rings. The van der Waals surface area contributed by atoms with Gasteiger partial charge >= 0.3 is 0 Å². The van der Waals surface area contributed by atoms with Gasteiger partial charge in [-0.2, -0.15) is 4.98 Å². The van der Waals surface area contributed by atoms with E-state index >= 15 is 0 Å². The van der Waals surface area contributed by atoms with Crippen LogP contribution in [0.5, 0.6) is 0 Å². The predicted molar refractivity (Wildman–Crippen MR) is 100 cm³/mol. The maximum absolute atomic E-state index is 12.6. The summed E-state index contributed by atoms with van der Waals surface area (Å²) in [5.74, 6) is 0.328. The molecule has 0 bridgehead atoms. The molecule has 27 heavy (non-hydrogen) atoms. The van der Waals surface area contributed by atoms with Gasteiger partial charge in [0.25, 0.3) is 0 Å². The monoisotopic (exact) mass is 362 g/mol. The van der Waals surface area contributed by atoms with Crippen molar-refractivity contribution in [3.63, 3.8) is 0 Å². The number of aryl methyl sites for hydroxylation is 1. The standard InChI is InChI=1S/C20H18N4O3/c1-13-21-19(23-27-13)14-6-5-7-16(10-14)22-20(26)15-11-18(25)24(12-15)17-8-3-2-4-9-17/h2-10,15H,11-12H2,1H3,(H,22,26)/t15-/m0/s1. The molecule has 0 unspecified atom stereocenters. The normalized spacial score (nSPS) is 16.6. The van der Waals surface area contributed by atoms with Crippen molar-refractivity contribution in [1.29, 1.82) is 0 Å². The molecule has 1 aliphatic heterocycles. The van der Waals surface area contributed by atoms with E-state index in [1.54, 1.807) is 24.0 Å². The molecule has 7 nitrogen and oxygen atoms in total. The molecule has 2 heterocycles. The average Bonchev–Trinajstić information content (AvgIpc) is 3.29. The molecule has 1 atom stereocenters. The quantitative estimate of drug-likeness (QED) is 0.771. The number of nitrogens with zero attached hydrogens (tertiary/aromatic N) is 3. The number of amides is 2. The summed E-state index contributed by atoms with van der Waals surface area (Å²) in [5.41, 5.74) is 2.19. The third kappa shape index (κ3) is 3.57. The van der Waals surface area contributed by atoms with Crippen LogP contribution in [0.2, 0.25) is 0 Å². The van der Waals surface area contributed by atoms with E-state index in [9.17, 15) is 9.59 Å². The second-order valence-electron chi connectivity index (χ2n) is 6.45. The predicted octanol–water partition coefficient (Wildman–Crippen LogP) is 3.04. The second-order valence-corrected chi connectivity index (χ2v) is 6.45. The summed E-state index contributed by atoms with van der Waals surface area (Å²) < 4.78 is 5.00. The molecule has 1 aliphatic rings. The first-order chi connectivity index (χ1) is 13.1. The van der Waals surface area contributed by atoms with Gasteiger partial charge in [-0.25, -0.2) is 0 Å². The highest BCUT2D eigenvalue weighted by Crippen LogP contribution is 2.26. The Bertz CT molecular complexity index is 984. The number of hydrogen-bond acceptors (Lipinski definition) is 5. The SMILES string of the molecule is Cc1nc(-c2cccc(NC(=O)[C@H]3CC(=O)N(c4ccccc4)C3)c2)no1. The smallest absolute Gasteiger partial charge is 0.229 e. The van der Waals surface area contributed by atoms with E-state index in [0.29, 0.717) is 23.9 Å². The molecule has 7 heteroatoms. The molecule has 0 radical (unpaired) electrons. The zero-order chi connectivity index (χ0) is 18.8. The van der Waals surface area contributed by atoms with Crippen molar-refractivity contribution in [2.45, 2.75) is 13.3 Å². The molecule has 0 saturated carbocycles. The van der Waals surface area contributed by atoms with Crippen LogP contribution in [0.25, 0.3) is 11.4 Å². The molecule has 2 aromatic carbocycles. The van der Waals surface area contributed by atoms with E-state index in [1.165, 1.54) is 0 Å². The second kappa shape index (κ2) is 7.03. The van der Waals surface area contributed by atoms with Crippen molar-refractivity contribution in [3.8, 4) is 11.4 Å². The zero-order valence-corrected chi connectivity index (χ0v) is 14.8. The van der Waals surface area contributed by atoms with Crippen molar-refractivity contribution < 1.29 is 14.1 Å². The molecule has 136 valence electrons. The first-order valence-electron chi connectivity index (χ1n) is 8.67. The lowest BCUT2D eigenvalue weighted by atomic mass is 10.1. The van der Waals surface area contributed by atoms with Gasteiger partial charge in [-0.15, -0.1) is 0 Å². The third-order valence-electron chi connectivity index (χ3n) is 4.48. The first kappa shape index (κ1) is 17.0. The fraction of sp³-hybridized carbons (Fsp3) is 0.200. The Morgan fingerprint density at radius 1 is 1.19 bits per heavy atom. The number of aromatic nitrogens is 2. The van der Waals surface area contributed by atoms with Crippen LogP contribution in [0.15, 0.2) is 59.1 Å². The number of benzene rings is 2. The van der Waals surface area contributed by atoms with Crippen molar-refractivity contribution in [3.05, 3.63) is 60.5 Å². The van der Waals surface area contributed by atoms with E-state index < -0.39 is 5.92 Å². The van der Waals surface area contributed by atoms with Crippen molar-refractivity contribution in [2.24, 2.45) is 5.92 Å². The van der Waals surface area contributed by atoms with Gasteiger partial charge in [-0.3, -0.25) is 9.59 Å². The summed E-state index contributed by atoms with van der Waals surface area (Å²) in [6.07, 6.45) is 0.199. The minimum Gasteiger partial charge on any atom is -0.339 e. The van der Waals surface area contributed by atoms with Crippen LogP contribution in [-0.4, -0.2) is 28.5 Å². The van der Waals surface area contributed by atoms with E-state index in [4.69, 9.17) is 4.52 Å². The van der Waals surface area contributed by atoms with Crippen molar-refractivity contribution >= 4 is 23.2 Å². The molecule has 0 spiro atoms. The Labute approximate surface area is 156 Å². The number of para-hydroxylation sites is 1. The lowest BCUT2D eigenvalue weighted by molar-refractivity contribution is -0.122. The first-order valence-corrected chi connectivity index (χ1v) is 8.67. The van der Waals surface area contributed by atoms with Crippen LogP contribution in [0.4, 0.5) is 11.4 Å². The van der Waals surface area contributed by atoms with Crippen LogP contribution < -0.4 is 10.2 Å². The van der Waals surface area contributed by atoms with Gasteiger partial charge in [0.1, 0.15) is 0 Å². The topological polar surface area (TPSA) is 88.3 Å². The van der Waals surface area contributed by atoms with Gasteiger partial charge in [0.05, 0.1) is 5.92 Å². The third-order valence-corrected chi connectivity index (χ3v) is 4.48. The lowest BCUT2D eigenvalue weighted by Crippen LogP contribution is -2.28. The number of carbonyl (C=O) groups is 2. The van der Waals surface area contributed by atoms with Gasteiger partial charge in [0.15, 0.2) is 0 Å². The van der Waals surface area contributed by atoms with Crippen molar-refractivity contribution in [1.82, 2.24) is 10.1 Å². The van der Waals surface area contributed by atoms with Gasteiger partial charge in [-0.1, -0.05) is 35.5 Å². The number of nitrogens with one attached hydrogen (secondary N) is 1. The van der Waals surface area contributed by atoms with Crippen LogP contribution >= 0.6 is 0 Å². The molecular weight excluding hydrogens is 344 g/mol. The maximum Gasteiger partial charge on any atom is 0.229 e. The minimum atomic E-state index is -0.395. The largest absolute Gasteiger partial charge is 0.339 e. The van der Waals surface area contributed by atoms with E-state index in [0.717, 1.165) is 11.3 Å². The highest BCUT2D eigenvalue weighted by molar-refractivity contribution is 6.03. The molecule has 0 aliphatic carbocycles. The summed E-state index contributed by atoms with van der Waals surface area (Å²) in [6, 6.07) is 16.6. The number of hydrogen-bond donors (Lipinski definition) is 1. The van der Waals surface area contributed by atoms with Crippen molar-refractivity contribution in [2.75, 3.05) is 16.8 Å². The van der Waals surface area contributed by atoms with Gasteiger partial charge in [-0.05, 0) is 24.3 Å². The summed E-state index contributed by atoms with van der Waals surface area (Å²) in [4.78, 5) is 30.8. The van der Waals surface area contributed by atoms with Crippen LogP contribution in [0.1, 0.15) is 12.3 Å². The average molecular weight is 362 g/mol. The van der Waals surface area contributed by atoms with Gasteiger partial charge in [0, 0.05) is 36.8 Å². The molecule has 4 rings (SSSR count).